The quantitative estimate of drug-likeness (QED) is 0.834. The van der Waals surface area contributed by atoms with Gasteiger partial charge in [0.1, 0.15) is 11.3 Å². The molecule has 2 rings (SSSR count). The molecular formula is C12H15NO2. The number of ether oxygens (including phenoxy) is 1. The zero-order valence-electron chi connectivity index (χ0n) is 8.77. The fourth-order valence-electron chi connectivity index (χ4n) is 1.57. The lowest BCUT2D eigenvalue weighted by molar-refractivity contribution is 0.185. The summed E-state index contributed by atoms with van der Waals surface area (Å²) < 4.78 is 10.6. The van der Waals surface area contributed by atoms with Crippen molar-refractivity contribution < 1.29 is 9.15 Å². The predicted octanol–water partition coefficient (Wildman–Crippen LogP) is 2.47. The van der Waals surface area contributed by atoms with Crippen LogP contribution in [-0.4, -0.2) is 13.7 Å². The van der Waals surface area contributed by atoms with E-state index in [1.165, 1.54) is 0 Å². The van der Waals surface area contributed by atoms with E-state index in [9.17, 15) is 0 Å². The van der Waals surface area contributed by atoms with Crippen molar-refractivity contribution in [3.63, 3.8) is 0 Å². The molecule has 1 aromatic carbocycles. The van der Waals surface area contributed by atoms with E-state index in [0.717, 1.165) is 23.2 Å². The Morgan fingerprint density at radius 1 is 1.40 bits per heavy atom. The fraction of sp³-hybridized carbons (Fsp3) is 0.333. The van der Waals surface area contributed by atoms with Crippen LogP contribution in [0.3, 0.4) is 0 Å². The summed E-state index contributed by atoms with van der Waals surface area (Å²) >= 11 is 0. The van der Waals surface area contributed by atoms with E-state index < -0.39 is 0 Å². The summed E-state index contributed by atoms with van der Waals surface area (Å²) in [5, 5.41) is 1.10. The molecule has 0 bridgehead atoms. The maximum Gasteiger partial charge on any atom is 0.134 e. The van der Waals surface area contributed by atoms with Gasteiger partial charge < -0.3 is 14.9 Å². The Hall–Kier alpha value is -1.32. The van der Waals surface area contributed by atoms with Crippen LogP contribution in [0.25, 0.3) is 11.0 Å². The van der Waals surface area contributed by atoms with Gasteiger partial charge in [-0.05, 0) is 18.6 Å². The van der Waals surface area contributed by atoms with E-state index in [1.807, 2.05) is 30.3 Å². The molecule has 0 aliphatic carbocycles. The van der Waals surface area contributed by atoms with Crippen molar-refractivity contribution in [1.82, 2.24) is 0 Å². The smallest absolute Gasteiger partial charge is 0.134 e. The minimum Gasteiger partial charge on any atom is -0.459 e. The number of para-hydroxylation sites is 1. The predicted molar refractivity (Wildman–Crippen MR) is 59.6 cm³/mol. The highest BCUT2D eigenvalue weighted by atomic mass is 16.5. The number of benzene rings is 1. The Bertz CT molecular complexity index is 403. The topological polar surface area (TPSA) is 48.4 Å². The molecule has 0 radical (unpaired) electrons. The van der Waals surface area contributed by atoms with Crippen LogP contribution < -0.4 is 5.73 Å². The number of fused-ring (bicyclic) bond motifs is 1. The van der Waals surface area contributed by atoms with Gasteiger partial charge in [0.05, 0.1) is 6.04 Å². The molecular weight excluding hydrogens is 190 g/mol. The second-order valence-electron chi connectivity index (χ2n) is 3.57. The average molecular weight is 205 g/mol. The second-order valence-corrected chi connectivity index (χ2v) is 3.57. The molecule has 0 saturated carbocycles. The molecule has 2 N–H and O–H groups in total. The summed E-state index contributed by atoms with van der Waals surface area (Å²) in [5.41, 5.74) is 6.86. The van der Waals surface area contributed by atoms with Gasteiger partial charge in [-0.3, -0.25) is 0 Å². The van der Waals surface area contributed by atoms with Gasteiger partial charge in [0.15, 0.2) is 0 Å². The molecule has 0 spiro atoms. The molecule has 80 valence electrons. The lowest BCUT2D eigenvalue weighted by Gasteiger charge is -2.06. The van der Waals surface area contributed by atoms with Gasteiger partial charge >= 0.3 is 0 Å². The number of methoxy groups -OCH3 is 1. The molecule has 1 heterocycles. The molecule has 0 saturated heterocycles. The molecule has 1 unspecified atom stereocenters. The van der Waals surface area contributed by atoms with Crippen LogP contribution in [0, 0.1) is 0 Å². The van der Waals surface area contributed by atoms with Gasteiger partial charge in [-0.1, -0.05) is 18.2 Å². The Kier molecular flexibility index (Phi) is 3.04. The maximum absolute atomic E-state index is 5.97. The van der Waals surface area contributed by atoms with E-state index in [1.54, 1.807) is 7.11 Å². The number of hydrogen-bond donors (Lipinski definition) is 1. The van der Waals surface area contributed by atoms with Crippen LogP contribution in [0.1, 0.15) is 18.2 Å². The van der Waals surface area contributed by atoms with Gasteiger partial charge in [-0.15, -0.1) is 0 Å². The average Bonchev–Trinajstić information content (AvgIpc) is 2.69. The van der Waals surface area contributed by atoms with Crippen molar-refractivity contribution in [3.05, 3.63) is 36.1 Å². The van der Waals surface area contributed by atoms with E-state index in [0.29, 0.717) is 6.61 Å². The van der Waals surface area contributed by atoms with E-state index in [4.69, 9.17) is 14.9 Å². The summed E-state index contributed by atoms with van der Waals surface area (Å²) in [7, 11) is 1.67. The van der Waals surface area contributed by atoms with Crippen molar-refractivity contribution in [3.8, 4) is 0 Å². The van der Waals surface area contributed by atoms with E-state index in [-0.39, 0.29) is 6.04 Å². The van der Waals surface area contributed by atoms with Crippen molar-refractivity contribution in [2.75, 3.05) is 13.7 Å². The second kappa shape index (κ2) is 4.47. The number of nitrogens with two attached hydrogens (primary N) is 1. The molecule has 0 amide bonds. The molecule has 1 aromatic heterocycles. The van der Waals surface area contributed by atoms with Crippen molar-refractivity contribution >= 4 is 11.0 Å². The van der Waals surface area contributed by atoms with Gasteiger partial charge in [0.25, 0.3) is 0 Å². The molecule has 0 aliphatic heterocycles. The molecule has 15 heavy (non-hydrogen) atoms. The van der Waals surface area contributed by atoms with Gasteiger partial charge in [-0.25, -0.2) is 0 Å². The van der Waals surface area contributed by atoms with Gasteiger partial charge in [0, 0.05) is 19.1 Å². The highest BCUT2D eigenvalue weighted by Crippen LogP contribution is 2.23. The van der Waals surface area contributed by atoms with Gasteiger partial charge in [0.2, 0.25) is 0 Å². The van der Waals surface area contributed by atoms with Gasteiger partial charge in [-0.2, -0.15) is 0 Å². The minimum atomic E-state index is -0.0858. The van der Waals surface area contributed by atoms with Crippen LogP contribution in [0.4, 0.5) is 0 Å². The highest BCUT2D eigenvalue weighted by molar-refractivity contribution is 5.77. The molecule has 3 heteroatoms. The molecule has 0 aliphatic rings. The Morgan fingerprint density at radius 3 is 2.93 bits per heavy atom. The summed E-state index contributed by atoms with van der Waals surface area (Å²) in [4.78, 5) is 0. The SMILES string of the molecule is COCCC(N)c1cc2ccccc2o1. The van der Waals surface area contributed by atoms with Crippen molar-refractivity contribution in [2.24, 2.45) is 5.73 Å². The summed E-state index contributed by atoms with van der Waals surface area (Å²) in [6, 6.07) is 9.82. The first-order valence-corrected chi connectivity index (χ1v) is 5.04. The van der Waals surface area contributed by atoms with Crippen LogP contribution in [-0.2, 0) is 4.74 Å². The lowest BCUT2D eigenvalue weighted by atomic mass is 10.1. The number of furan rings is 1. The maximum atomic E-state index is 5.97. The lowest BCUT2D eigenvalue weighted by Crippen LogP contribution is -2.11. The minimum absolute atomic E-state index is 0.0858. The molecule has 0 fully saturated rings. The van der Waals surface area contributed by atoms with Crippen LogP contribution in [0.2, 0.25) is 0 Å². The van der Waals surface area contributed by atoms with Crippen LogP contribution in [0.15, 0.2) is 34.7 Å². The Morgan fingerprint density at radius 2 is 2.20 bits per heavy atom. The highest BCUT2D eigenvalue weighted by Gasteiger charge is 2.11. The summed E-state index contributed by atoms with van der Waals surface area (Å²) in [6.07, 6.45) is 0.774. The molecule has 1 atom stereocenters. The third-order valence-electron chi connectivity index (χ3n) is 2.44. The number of hydrogen-bond acceptors (Lipinski definition) is 3. The fourth-order valence-corrected chi connectivity index (χ4v) is 1.57. The number of rotatable bonds is 4. The standard InChI is InChI=1S/C12H15NO2/c1-14-7-6-10(13)12-8-9-4-2-3-5-11(9)15-12/h2-5,8,10H,6-7,13H2,1H3. The Labute approximate surface area is 88.8 Å². The summed E-state index contributed by atoms with van der Waals surface area (Å²) in [5.74, 6) is 0.827. The first-order valence-electron chi connectivity index (χ1n) is 5.04. The molecule has 3 nitrogen and oxygen atoms in total. The first-order chi connectivity index (χ1) is 7.31. The third-order valence-corrected chi connectivity index (χ3v) is 2.44. The van der Waals surface area contributed by atoms with E-state index in [2.05, 4.69) is 0 Å². The first kappa shape index (κ1) is 10.2. The normalized spacial score (nSPS) is 13.2. The monoisotopic (exact) mass is 205 g/mol. The van der Waals surface area contributed by atoms with E-state index >= 15 is 0 Å². The zero-order valence-corrected chi connectivity index (χ0v) is 8.77. The third kappa shape index (κ3) is 2.19. The van der Waals surface area contributed by atoms with Crippen LogP contribution >= 0.6 is 0 Å². The Balaban J connectivity index is 2.20. The largest absolute Gasteiger partial charge is 0.459 e. The summed E-state index contributed by atoms with van der Waals surface area (Å²) in [6.45, 7) is 0.651. The van der Waals surface area contributed by atoms with Crippen molar-refractivity contribution in [2.45, 2.75) is 12.5 Å². The van der Waals surface area contributed by atoms with Crippen molar-refractivity contribution in [1.29, 1.82) is 0 Å². The molecule has 2 aromatic rings. The van der Waals surface area contributed by atoms with Crippen LogP contribution in [0.5, 0.6) is 0 Å². The zero-order chi connectivity index (χ0) is 10.7.